The molecule has 0 aliphatic carbocycles. The summed E-state index contributed by atoms with van der Waals surface area (Å²) in [6, 6.07) is 3.74. The van der Waals surface area contributed by atoms with E-state index in [-0.39, 0.29) is 12.1 Å². The van der Waals surface area contributed by atoms with Crippen molar-refractivity contribution < 1.29 is 14.3 Å². The number of piperidine rings is 1. The molecule has 2 aliphatic heterocycles. The molecule has 7 heteroatoms. The Morgan fingerprint density at radius 3 is 2.84 bits per heavy atom. The second-order valence-corrected chi connectivity index (χ2v) is 7.24. The lowest BCUT2D eigenvalue weighted by Crippen LogP contribution is -2.41. The van der Waals surface area contributed by atoms with Crippen molar-refractivity contribution >= 4 is 23.1 Å². The SMILES string of the molecule is Cc1cc2c(cc1NC(=O)N1CCCC[C@H]1c1nccs1)OCCO2. The summed E-state index contributed by atoms with van der Waals surface area (Å²) in [4.78, 5) is 19.2. The average molecular weight is 359 g/mol. The highest BCUT2D eigenvalue weighted by Crippen LogP contribution is 2.36. The van der Waals surface area contributed by atoms with Crippen molar-refractivity contribution in [1.29, 1.82) is 0 Å². The predicted octanol–water partition coefficient (Wildman–Crippen LogP) is 3.98. The molecule has 1 atom stereocenters. The van der Waals surface area contributed by atoms with Gasteiger partial charge in [-0.3, -0.25) is 0 Å². The maximum absolute atomic E-state index is 12.9. The van der Waals surface area contributed by atoms with E-state index in [2.05, 4.69) is 10.3 Å². The smallest absolute Gasteiger partial charge is 0.322 e. The Labute approximate surface area is 150 Å². The van der Waals surface area contributed by atoms with Crippen LogP contribution in [0.4, 0.5) is 10.5 Å². The van der Waals surface area contributed by atoms with E-state index < -0.39 is 0 Å². The lowest BCUT2D eigenvalue weighted by molar-refractivity contribution is 0.163. The van der Waals surface area contributed by atoms with E-state index in [4.69, 9.17) is 9.47 Å². The third-order valence-corrected chi connectivity index (χ3v) is 5.51. The number of hydrogen-bond acceptors (Lipinski definition) is 5. The van der Waals surface area contributed by atoms with Gasteiger partial charge in [-0.1, -0.05) is 0 Å². The van der Waals surface area contributed by atoms with Crippen LogP contribution in [0.5, 0.6) is 11.5 Å². The van der Waals surface area contributed by atoms with Gasteiger partial charge >= 0.3 is 6.03 Å². The zero-order valence-corrected chi connectivity index (χ0v) is 15.0. The van der Waals surface area contributed by atoms with E-state index in [1.54, 1.807) is 17.5 Å². The van der Waals surface area contributed by atoms with E-state index >= 15 is 0 Å². The third kappa shape index (κ3) is 3.28. The van der Waals surface area contributed by atoms with Crippen LogP contribution in [0, 0.1) is 6.92 Å². The van der Waals surface area contributed by atoms with Crippen molar-refractivity contribution in [2.45, 2.75) is 32.2 Å². The molecule has 1 saturated heterocycles. The number of benzene rings is 1. The molecule has 6 nitrogen and oxygen atoms in total. The number of rotatable bonds is 2. The molecule has 1 N–H and O–H groups in total. The normalized spacial score (nSPS) is 19.6. The van der Waals surface area contributed by atoms with Crippen molar-refractivity contribution in [3.05, 3.63) is 34.3 Å². The Kier molecular flexibility index (Phi) is 4.48. The van der Waals surface area contributed by atoms with Crippen LogP contribution in [0.3, 0.4) is 0 Å². The van der Waals surface area contributed by atoms with Gasteiger partial charge in [-0.05, 0) is 37.8 Å². The van der Waals surface area contributed by atoms with Gasteiger partial charge in [-0.2, -0.15) is 0 Å². The van der Waals surface area contributed by atoms with E-state index in [0.717, 1.165) is 47.8 Å². The molecule has 0 saturated carbocycles. The third-order valence-electron chi connectivity index (χ3n) is 4.63. The summed E-state index contributed by atoms with van der Waals surface area (Å²) < 4.78 is 11.2. The first kappa shape index (κ1) is 16.2. The van der Waals surface area contributed by atoms with Crippen LogP contribution in [-0.2, 0) is 0 Å². The maximum Gasteiger partial charge on any atom is 0.322 e. The number of carbonyl (C=O) groups excluding carboxylic acids is 1. The average Bonchev–Trinajstić information content (AvgIpc) is 3.17. The molecule has 2 aromatic rings. The number of anilines is 1. The zero-order chi connectivity index (χ0) is 17.2. The molecule has 1 aromatic heterocycles. The Hall–Kier alpha value is -2.28. The van der Waals surface area contributed by atoms with Gasteiger partial charge < -0.3 is 19.7 Å². The maximum atomic E-state index is 12.9. The van der Waals surface area contributed by atoms with Crippen LogP contribution in [0.1, 0.15) is 35.9 Å². The van der Waals surface area contributed by atoms with Gasteiger partial charge in [-0.15, -0.1) is 11.3 Å². The van der Waals surface area contributed by atoms with Crippen molar-refractivity contribution in [3.63, 3.8) is 0 Å². The van der Waals surface area contributed by atoms with Gasteiger partial charge in [0.2, 0.25) is 0 Å². The summed E-state index contributed by atoms with van der Waals surface area (Å²) in [6.07, 6.45) is 4.91. The van der Waals surface area contributed by atoms with Crippen LogP contribution < -0.4 is 14.8 Å². The Morgan fingerprint density at radius 2 is 2.08 bits per heavy atom. The second kappa shape index (κ2) is 6.92. The molecule has 1 fully saturated rings. The number of hydrogen-bond donors (Lipinski definition) is 1. The van der Waals surface area contributed by atoms with Crippen LogP contribution in [-0.4, -0.2) is 35.7 Å². The van der Waals surface area contributed by atoms with E-state index in [9.17, 15) is 4.79 Å². The number of nitrogens with one attached hydrogen (secondary N) is 1. The van der Waals surface area contributed by atoms with E-state index in [0.29, 0.717) is 19.0 Å². The van der Waals surface area contributed by atoms with Gasteiger partial charge in [-0.25, -0.2) is 9.78 Å². The molecule has 2 amide bonds. The molecule has 0 radical (unpaired) electrons. The summed E-state index contributed by atoms with van der Waals surface area (Å²) >= 11 is 1.61. The molecule has 0 unspecified atom stereocenters. The Balaban J connectivity index is 1.54. The standard InChI is InChI=1S/C18H21N3O3S/c1-12-10-15-16(24-8-7-23-15)11-13(12)20-18(22)21-6-3-2-4-14(21)17-19-5-9-25-17/h5,9-11,14H,2-4,6-8H2,1H3,(H,20,22)/t14-/m0/s1. The van der Waals surface area contributed by atoms with Gasteiger partial charge in [0, 0.05) is 29.9 Å². The topological polar surface area (TPSA) is 63.7 Å². The number of urea groups is 1. The minimum Gasteiger partial charge on any atom is -0.486 e. The highest BCUT2D eigenvalue weighted by atomic mass is 32.1. The number of aromatic nitrogens is 1. The van der Waals surface area contributed by atoms with Crippen molar-refractivity contribution in [2.24, 2.45) is 0 Å². The van der Waals surface area contributed by atoms with Gasteiger partial charge in [0.25, 0.3) is 0 Å². The van der Waals surface area contributed by atoms with Crippen LogP contribution >= 0.6 is 11.3 Å². The lowest BCUT2D eigenvalue weighted by atomic mass is 10.0. The quantitative estimate of drug-likeness (QED) is 0.881. The number of carbonyl (C=O) groups is 1. The minimum absolute atomic E-state index is 0.0614. The first-order valence-corrected chi connectivity index (χ1v) is 9.47. The number of nitrogens with zero attached hydrogens (tertiary/aromatic N) is 2. The van der Waals surface area contributed by atoms with Crippen LogP contribution in [0.2, 0.25) is 0 Å². The van der Waals surface area contributed by atoms with Crippen LogP contribution in [0.15, 0.2) is 23.7 Å². The highest BCUT2D eigenvalue weighted by Gasteiger charge is 2.30. The Morgan fingerprint density at radius 1 is 1.28 bits per heavy atom. The number of likely N-dealkylation sites (tertiary alicyclic amines) is 1. The first-order valence-electron chi connectivity index (χ1n) is 8.59. The zero-order valence-electron chi connectivity index (χ0n) is 14.2. The molecule has 0 spiro atoms. The summed E-state index contributed by atoms with van der Waals surface area (Å²) in [7, 11) is 0. The van der Waals surface area contributed by atoms with E-state index in [1.165, 1.54) is 0 Å². The fraction of sp³-hybridized carbons (Fsp3) is 0.444. The number of aryl methyl sites for hydroxylation is 1. The summed E-state index contributed by atoms with van der Waals surface area (Å²) in [5.74, 6) is 1.42. The molecule has 2 aliphatic rings. The molecule has 0 bridgehead atoms. The number of amides is 2. The van der Waals surface area contributed by atoms with Crippen LogP contribution in [0.25, 0.3) is 0 Å². The summed E-state index contributed by atoms with van der Waals surface area (Å²) in [5.41, 5.74) is 1.72. The summed E-state index contributed by atoms with van der Waals surface area (Å²) in [6.45, 7) is 3.80. The first-order chi connectivity index (χ1) is 12.2. The Bertz CT molecular complexity index is 763. The van der Waals surface area contributed by atoms with Crippen molar-refractivity contribution in [1.82, 2.24) is 9.88 Å². The molecule has 4 rings (SSSR count). The lowest BCUT2D eigenvalue weighted by Gasteiger charge is -2.34. The number of ether oxygens (including phenoxy) is 2. The largest absolute Gasteiger partial charge is 0.486 e. The highest BCUT2D eigenvalue weighted by molar-refractivity contribution is 7.09. The molecular weight excluding hydrogens is 338 g/mol. The number of thiazole rings is 1. The molecule has 1 aromatic carbocycles. The van der Waals surface area contributed by atoms with Crippen molar-refractivity contribution in [3.8, 4) is 11.5 Å². The molecular formula is C18H21N3O3S. The monoisotopic (exact) mass is 359 g/mol. The van der Waals surface area contributed by atoms with Gasteiger partial charge in [0.1, 0.15) is 18.2 Å². The minimum atomic E-state index is -0.0836. The fourth-order valence-corrected chi connectivity index (χ4v) is 4.13. The van der Waals surface area contributed by atoms with E-state index in [1.807, 2.05) is 29.3 Å². The predicted molar refractivity (Wildman–Crippen MR) is 96.6 cm³/mol. The number of fused-ring (bicyclic) bond motifs is 1. The second-order valence-electron chi connectivity index (χ2n) is 6.32. The molecule has 3 heterocycles. The van der Waals surface area contributed by atoms with Gasteiger partial charge in [0.05, 0.1) is 6.04 Å². The summed E-state index contributed by atoms with van der Waals surface area (Å²) in [5, 5.41) is 6.02. The van der Waals surface area contributed by atoms with Crippen molar-refractivity contribution in [2.75, 3.05) is 25.1 Å². The van der Waals surface area contributed by atoms with Gasteiger partial charge in [0.15, 0.2) is 11.5 Å². The molecule has 25 heavy (non-hydrogen) atoms. The fourth-order valence-electron chi connectivity index (χ4n) is 3.34. The molecule has 132 valence electrons.